The number of aliphatic hydroxyl groups is 1. The van der Waals surface area contributed by atoms with Gasteiger partial charge in [-0.2, -0.15) is 0 Å². The van der Waals surface area contributed by atoms with E-state index < -0.39 is 6.10 Å². The monoisotopic (exact) mass is 313 g/mol. The normalized spacial score (nSPS) is 28.9. The van der Waals surface area contributed by atoms with E-state index in [4.69, 9.17) is 23.2 Å². The van der Waals surface area contributed by atoms with Crippen LogP contribution in [0.2, 0.25) is 10.0 Å². The van der Waals surface area contributed by atoms with E-state index in [1.165, 1.54) is 24.3 Å². The fourth-order valence-corrected chi connectivity index (χ4v) is 3.48. The number of aliphatic hydroxyl groups excluding tert-OH is 1. The number of amides is 1. The molecule has 3 rings (SSSR count). The van der Waals surface area contributed by atoms with E-state index >= 15 is 0 Å². The maximum Gasteiger partial charge on any atom is 0.246 e. The first-order chi connectivity index (χ1) is 9.49. The Hall–Kier alpha value is -1.23. The first kappa shape index (κ1) is 13.7. The number of phenolic OH excluding ortho intramolecular Hbond substituents is 1. The molecule has 0 spiro atoms. The Kier molecular flexibility index (Phi) is 3.40. The van der Waals surface area contributed by atoms with Gasteiger partial charge in [0.1, 0.15) is 5.75 Å². The van der Waals surface area contributed by atoms with Crippen molar-refractivity contribution >= 4 is 29.1 Å². The summed E-state index contributed by atoms with van der Waals surface area (Å²) in [5.74, 6) is -0.190. The van der Waals surface area contributed by atoms with Crippen molar-refractivity contribution in [2.45, 2.75) is 24.5 Å². The van der Waals surface area contributed by atoms with Crippen LogP contribution >= 0.6 is 23.2 Å². The molecule has 1 aromatic carbocycles. The van der Waals surface area contributed by atoms with Crippen LogP contribution in [0.15, 0.2) is 24.3 Å². The summed E-state index contributed by atoms with van der Waals surface area (Å²) in [5, 5.41) is 20.7. The van der Waals surface area contributed by atoms with Gasteiger partial charge in [0.25, 0.3) is 0 Å². The van der Waals surface area contributed by atoms with E-state index in [2.05, 4.69) is 0 Å². The molecule has 2 N–H and O–H groups in total. The fourth-order valence-electron chi connectivity index (χ4n) is 3.00. The number of nitrogens with zero attached hydrogens (tertiary/aromatic N) is 1. The number of phenols is 1. The molecular weight excluding hydrogens is 301 g/mol. The molecular formula is C14H13Cl2NO3. The quantitative estimate of drug-likeness (QED) is 0.836. The summed E-state index contributed by atoms with van der Waals surface area (Å²) in [7, 11) is 0. The highest BCUT2D eigenvalue weighted by Gasteiger charge is 2.42. The van der Waals surface area contributed by atoms with Crippen LogP contribution < -0.4 is 0 Å². The maximum atomic E-state index is 11.8. The van der Waals surface area contributed by atoms with Crippen molar-refractivity contribution < 1.29 is 15.0 Å². The van der Waals surface area contributed by atoms with Gasteiger partial charge in [-0.3, -0.25) is 4.79 Å². The number of rotatable bonds is 1. The lowest BCUT2D eigenvalue weighted by molar-refractivity contribution is -0.129. The largest absolute Gasteiger partial charge is 0.508 e. The van der Waals surface area contributed by atoms with Crippen molar-refractivity contribution in [3.8, 4) is 5.75 Å². The third-order valence-corrected chi connectivity index (χ3v) is 4.79. The average molecular weight is 314 g/mol. The SMILES string of the molecule is O=C1C=CC(O)[C@@H]2C[C@H](c3c(O)ccc(Cl)c3Cl)CN12. The number of carbonyl (C=O) groups excluding carboxylic acids is 1. The van der Waals surface area contributed by atoms with Crippen LogP contribution in [0, 0.1) is 0 Å². The summed E-state index contributed by atoms with van der Waals surface area (Å²) >= 11 is 12.2. The molecule has 0 saturated carbocycles. The third kappa shape index (κ3) is 2.08. The topological polar surface area (TPSA) is 60.8 Å². The number of halogens is 2. The molecule has 4 nitrogen and oxygen atoms in total. The van der Waals surface area contributed by atoms with E-state index in [0.717, 1.165) is 0 Å². The number of carbonyl (C=O) groups is 1. The third-order valence-electron chi connectivity index (χ3n) is 3.97. The predicted octanol–water partition coefficient (Wildman–Crippen LogP) is 2.31. The Morgan fingerprint density at radius 1 is 1.30 bits per heavy atom. The Morgan fingerprint density at radius 3 is 2.75 bits per heavy atom. The van der Waals surface area contributed by atoms with Gasteiger partial charge < -0.3 is 15.1 Å². The molecule has 106 valence electrons. The van der Waals surface area contributed by atoms with Gasteiger partial charge in [0.05, 0.1) is 22.2 Å². The number of aromatic hydroxyl groups is 1. The molecule has 0 radical (unpaired) electrons. The van der Waals surface area contributed by atoms with Crippen molar-refractivity contribution in [3.63, 3.8) is 0 Å². The number of hydrogen-bond donors (Lipinski definition) is 2. The summed E-state index contributed by atoms with van der Waals surface area (Å²) in [5.41, 5.74) is 0.550. The summed E-state index contributed by atoms with van der Waals surface area (Å²) in [6, 6.07) is 2.76. The Balaban J connectivity index is 1.96. The molecule has 2 aliphatic heterocycles. The summed E-state index contributed by atoms with van der Waals surface area (Å²) < 4.78 is 0. The minimum Gasteiger partial charge on any atom is -0.508 e. The zero-order valence-electron chi connectivity index (χ0n) is 10.5. The summed E-state index contributed by atoms with van der Waals surface area (Å²) in [4.78, 5) is 13.5. The molecule has 6 heteroatoms. The Bertz CT molecular complexity index is 602. The second-order valence-electron chi connectivity index (χ2n) is 5.13. The molecule has 20 heavy (non-hydrogen) atoms. The highest BCUT2D eigenvalue weighted by molar-refractivity contribution is 6.42. The predicted molar refractivity (Wildman–Crippen MR) is 76.1 cm³/mol. The molecule has 0 aliphatic carbocycles. The smallest absolute Gasteiger partial charge is 0.246 e. The summed E-state index contributed by atoms with van der Waals surface area (Å²) in [6.07, 6.45) is 2.75. The zero-order chi connectivity index (χ0) is 14.4. The van der Waals surface area contributed by atoms with Gasteiger partial charge >= 0.3 is 0 Å². The van der Waals surface area contributed by atoms with Crippen LogP contribution in [0.5, 0.6) is 5.75 Å². The average Bonchev–Trinajstić information content (AvgIpc) is 2.85. The van der Waals surface area contributed by atoms with Gasteiger partial charge in [0.15, 0.2) is 0 Å². The zero-order valence-corrected chi connectivity index (χ0v) is 12.0. The van der Waals surface area contributed by atoms with E-state index in [9.17, 15) is 15.0 Å². The number of fused-ring (bicyclic) bond motifs is 1. The molecule has 1 saturated heterocycles. The minimum absolute atomic E-state index is 0.0687. The highest BCUT2D eigenvalue weighted by Crippen LogP contribution is 2.44. The van der Waals surface area contributed by atoms with Crippen molar-refractivity contribution in [3.05, 3.63) is 39.9 Å². The van der Waals surface area contributed by atoms with Crippen LogP contribution in [0.3, 0.4) is 0 Å². The van der Waals surface area contributed by atoms with Crippen LogP contribution in [0.1, 0.15) is 17.9 Å². The molecule has 1 unspecified atom stereocenters. The van der Waals surface area contributed by atoms with Crippen LogP contribution in [-0.2, 0) is 4.79 Å². The summed E-state index contributed by atoms with van der Waals surface area (Å²) in [6.45, 7) is 0.415. The lowest BCUT2D eigenvalue weighted by atomic mass is 9.93. The lowest BCUT2D eigenvalue weighted by Gasteiger charge is -2.29. The van der Waals surface area contributed by atoms with Gasteiger partial charge in [-0.1, -0.05) is 23.2 Å². The maximum absolute atomic E-state index is 11.8. The van der Waals surface area contributed by atoms with Gasteiger partial charge in [-0.15, -0.1) is 0 Å². The standard InChI is InChI=1S/C14H13Cl2NO3/c15-8-1-2-11(19)13(14(8)16)7-5-9-10(18)3-4-12(20)17(9)6-7/h1-4,7,9-10,18-19H,5-6H2/t7-,9-,10?/m0/s1. The van der Waals surface area contributed by atoms with Crippen LogP contribution in [-0.4, -0.2) is 39.7 Å². The lowest BCUT2D eigenvalue weighted by Crippen LogP contribution is -2.44. The highest BCUT2D eigenvalue weighted by atomic mass is 35.5. The van der Waals surface area contributed by atoms with E-state index in [1.807, 2.05) is 0 Å². The molecule has 1 amide bonds. The van der Waals surface area contributed by atoms with E-state index in [-0.39, 0.29) is 23.6 Å². The fraction of sp³-hybridized carbons (Fsp3) is 0.357. The second kappa shape index (κ2) is 4.95. The molecule has 0 bridgehead atoms. The van der Waals surface area contributed by atoms with Crippen LogP contribution in [0.25, 0.3) is 0 Å². The second-order valence-corrected chi connectivity index (χ2v) is 5.92. The van der Waals surface area contributed by atoms with Gasteiger partial charge in [-0.25, -0.2) is 0 Å². The van der Waals surface area contributed by atoms with E-state index in [0.29, 0.717) is 28.6 Å². The Morgan fingerprint density at radius 2 is 2.05 bits per heavy atom. The van der Waals surface area contributed by atoms with Crippen molar-refractivity contribution in [1.82, 2.24) is 4.90 Å². The molecule has 0 aromatic heterocycles. The number of hydrogen-bond acceptors (Lipinski definition) is 3. The molecule has 3 atom stereocenters. The van der Waals surface area contributed by atoms with Crippen molar-refractivity contribution in [1.29, 1.82) is 0 Å². The number of benzene rings is 1. The van der Waals surface area contributed by atoms with Gasteiger partial charge in [0, 0.05) is 24.1 Å². The van der Waals surface area contributed by atoms with Crippen molar-refractivity contribution in [2.24, 2.45) is 0 Å². The molecule has 2 heterocycles. The first-order valence-corrected chi connectivity index (χ1v) is 7.08. The van der Waals surface area contributed by atoms with Gasteiger partial charge in [-0.05, 0) is 24.6 Å². The molecule has 2 aliphatic rings. The van der Waals surface area contributed by atoms with Crippen LogP contribution in [0.4, 0.5) is 0 Å². The first-order valence-electron chi connectivity index (χ1n) is 6.32. The molecule has 1 aromatic rings. The molecule has 1 fully saturated rings. The minimum atomic E-state index is -0.683. The van der Waals surface area contributed by atoms with Crippen molar-refractivity contribution in [2.75, 3.05) is 6.54 Å². The Labute approximate surface area is 126 Å². The van der Waals surface area contributed by atoms with Gasteiger partial charge in [0.2, 0.25) is 5.91 Å². The van der Waals surface area contributed by atoms with E-state index in [1.54, 1.807) is 4.90 Å².